The number of nitrogens with zero attached hydrogens (tertiary/aromatic N) is 4. The van der Waals surface area contributed by atoms with E-state index >= 15 is 0 Å². The summed E-state index contributed by atoms with van der Waals surface area (Å²) in [4.78, 5) is 21.2. The molecule has 7 nitrogen and oxygen atoms in total. The molecular formula is C17H18N6O. The van der Waals surface area contributed by atoms with Gasteiger partial charge in [-0.25, -0.2) is 4.98 Å². The molecule has 0 radical (unpaired) electrons. The highest BCUT2D eigenvalue weighted by Gasteiger charge is 2.15. The number of anilines is 3. The normalized spacial score (nSPS) is 10.5. The molecule has 0 spiro atoms. The number of hydrogen-bond donors (Lipinski definition) is 2. The smallest absolute Gasteiger partial charge is 0.277 e. The Morgan fingerprint density at radius 1 is 1.08 bits per heavy atom. The summed E-state index contributed by atoms with van der Waals surface area (Å²) in [6.45, 7) is 3.76. The van der Waals surface area contributed by atoms with E-state index < -0.39 is 0 Å². The number of hydrogen-bond acceptors (Lipinski definition) is 5. The Balaban J connectivity index is 1.87. The first-order valence-electron chi connectivity index (χ1n) is 7.49. The summed E-state index contributed by atoms with van der Waals surface area (Å²) < 4.78 is 1.62. The van der Waals surface area contributed by atoms with Crippen molar-refractivity contribution < 1.29 is 4.79 Å². The lowest BCUT2D eigenvalue weighted by Crippen LogP contribution is -2.16. The van der Waals surface area contributed by atoms with E-state index in [1.807, 2.05) is 38.1 Å². The number of nitrogens with one attached hydrogen (secondary N) is 2. The molecule has 3 heterocycles. The molecule has 0 aliphatic carbocycles. The standard InChI is InChI=1S/C17H18N6O/c1-11-4-6-13(10-18-11)20-14-7-5-12(2)19-16(14)17(24)21-15-8-9-23(3)22-15/h4-10,20H,1-3H3,(H,21,22,24). The summed E-state index contributed by atoms with van der Waals surface area (Å²) in [7, 11) is 1.79. The molecule has 0 saturated carbocycles. The van der Waals surface area contributed by atoms with E-state index in [1.54, 1.807) is 30.2 Å². The van der Waals surface area contributed by atoms with Crippen LogP contribution in [0, 0.1) is 13.8 Å². The van der Waals surface area contributed by atoms with Crippen LogP contribution in [0.1, 0.15) is 21.9 Å². The lowest BCUT2D eigenvalue weighted by Gasteiger charge is -2.11. The van der Waals surface area contributed by atoms with E-state index in [-0.39, 0.29) is 5.91 Å². The van der Waals surface area contributed by atoms with Crippen molar-refractivity contribution in [3.05, 3.63) is 59.8 Å². The maximum atomic E-state index is 12.6. The first-order chi connectivity index (χ1) is 11.5. The van der Waals surface area contributed by atoms with Crippen LogP contribution >= 0.6 is 0 Å². The first-order valence-corrected chi connectivity index (χ1v) is 7.49. The van der Waals surface area contributed by atoms with Gasteiger partial charge in [0.25, 0.3) is 5.91 Å². The summed E-state index contributed by atoms with van der Waals surface area (Å²) in [5.74, 6) is 0.161. The van der Waals surface area contributed by atoms with Gasteiger partial charge < -0.3 is 10.6 Å². The van der Waals surface area contributed by atoms with Gasteiger partial charge >= 0.3 is 0 Å². The van der Waals surface area contributed by atoms with Gasteiger partial charge in [-0.15, -0.1) is 0 Å². The molecule has 122 valence electrons. The Hall–Kier alpha value is -3.22. The van der Waals surface area contributed by atoms with Crippen LogP contribution in [0.3, 0.4) is 0 Å². The van der Waals surface area contributed by atoms with Crippen molar-refractivity contribution in [3.63, 3.8) is 0 Å². The van der Waals surface area contributed by atoms with Crippen LogP contribution in [0.2, 0.25) is 0 Å². The minimum Gasteiger partial charge on any atom is -0.352 e. The lowest BCUT2D eigenvalue weighted by atomic mass is 10.2. The van der Waals surface area contributed by atoms with Crippen molar-refractivity contribution in [2.45, 2.75) is 13.8 Å². The summed E-state index contributed by atoms with van der Waals surface area (Å²) in [5.41, 5.74) is 3.39. The number of aryl methyl sites for hydroxylation is 3. The molecule has 0 fully saturated rings. The topological polar surface area (TPSA) is 84.7 Å². The van der Waals surface area contributed by atoms with Gasteiger partial charge in [-0.05, 0) is 38.1 Å². The van der Waals surface area contributed by atoms with Crippen LogP contribution in [0.4, 0.5) is 17.2 Å². The van der Waals surface area contributed by atoms with Crippen molar-refractivity contribution in [2.75, 3.05) is 10.6 Å². The predicted molar refractivity (Wildman–Crippen MR) is 92.4 cm³/mol. The number of rotatable bonds is 4. The number of aromatic nitrogens is 4. The number of amides is 1. The Morgan fingerprint density at radius 3 is 2.54 bits per heavy atom. The van der Waals surface area contributed by atoms with E-state index in [0.29, 0.717) is 17.2 Å². The van der Waals surface area contributed by atoms with E-state index in [9.17, 15) is 4.79 Å². The summed E-state index contributed by atoms with van der Waals surface area (Å²) in [5, 5.41) is 10.1. The van der Waals surface area contributed by atoms with E-state index in [0.717, 1.165) is 17.1 Å². The zero-order chi connectivity index (χ0) is 17.1. The third kappa shape index (κ3) is 3.57. The molecule has 0 atom stereocenters. The third-order valence-corrected chi connectivity index (χ3v) is 3.40. The molecule has 3 aromatic rings. The Bertz CT molecular complexity index is 869. The molecule has 2 N–H and O–H groups in total. The fourth-order valence-electron chi connectivity index (χ4n) is 2.19. The average molecular weight is 322 g/mol. The quantitative estimate of drug-likeness (QED) is 0.771. The molecular weight excluding hydrogens is 304 g/mol. The van der Waals surface area contributed by atoms with Crippen molar-refractivity contribution in [1.29, 1.82) is 0 Å². The maximum Gasteiger partial charge on any atom is 0.277 e. The zero-order valence-corrected chi connectivity index (χ0v) is 13.7. The number of carbonyl (C=O) groups excluding carboxylic acids is 1. The van der Waals surface area contributed by atoms with Gasteiger partial charge in [0.1, 0.15) is 0 Å². The zero-order valence-electron chi connectivity index (χ0n) is 13.7. The molecule has 7 heteroatoms. The lowest BCUT2D eigenvalue weighted by molar-refractivity contribution is 0.102. The summed E-state index contributed by atoms with van der Waals surface area (Å²) in [6, 6.07) is 9.21. The van der Waals surface area contributed by atoms with Crippen molar-refractivity contribution in [3.8, 4) is 0 Å². The molecule has 1 amide bonds. The molecule has 0 bridgehead atoms. The van der Waals surface area contributed by atoms with Crippen LogP contribution in [0.5, 0.6) is 0 Å². The van der Waals surface area contributed by atoms with Gasteiger partial charge in [-0.2, -0.15) is 5.10 Å². The van der Waals surface area contributed by atoms with E-state index in [4.69, 9.17) is 0 Å². The second-order valence-electron chi connectivity index (χ2n) is 5.49. The van der Waals surface area contributed by atoms with E-state index in [1.165, 1.54) is 0 Å². The fourth-order valence-corrected chi connectivity index (χ4v) is 2.19. The van der Waals surface area contributed by atoms with Crippen LogP contribution < -0.4 is 10.6 Å². The third-order valence-electron chi connectivity index (χ3n) is 3.40. The number of carbonyl (C=O) groups is 1. The fraction of sp³-hybridized carbons (Fsp3) is 0.176. The monoisotopic (exact) mass is 322 g/mol. The highest BCUT2D eigenvalue weighted by Crippen LogP contribution is 2.21. The van der Waals surface area contributed by atoms with Crippen LogP contribution in [0.25, 0.3) is 0 Å². The molecule has 3 rings (SSSR count). The minimum absolute atomic E-state index is 0.307. The van der Waals surface area contributed by atoms with E-state index in [2.05, 4.69) is 25.7 Å². The molecule has 0 aliphatic rings. The van der Waals surface area contributed by atoms with Crippen LogP contribution in [-0.4, -0.2) is 25.7 Å². The van der Waals surface area contributed by atoms with Crippen LogP contribution in [-0.2, 0) is 7.05 Å². The second-order valence-corrected chi connectivity index (χ2v) is 5.49. The largest absolute Gasteiger partial charge is 0.352 e. The van der Waals surface area contributed by atoms with Gasteiger partial charge in [-0.1, -0.05) is 0 Å². The minimum atomic E-state index is -0.319. The molecule has 0 saturated heterocycles. The molecule has 3 aromatic heterocycles. The van der Waals surface area contributed by atoms with Gasteiger partial charge in [-0.3, -0.25) is 14.5 Å². The summed E-state index contributed by atoms with van der Waals surface area (Å²) >= 11 is 0. The molecule has 24 heavy (non-hydrogen) atoms. The highest BCUT2D eigenvalue weighted by molar-refractivity contribution is 6.06. The molecule has 0 unspecified atom stereocenters. The van der Waals surface area contributed by atoms with Gasteiger partial charge in [0.15, 0.2) is 11.5 Å². The molecule has 0 aliphatic heterocycles. The van der Waals surface area contributed by atoms with Crippen molar-refractivity contribution in [1.82, 2.24) is 19.7 Å². The second kappa shape index (κ2) is 6.49. The Kier molecular flexibility index (Phi) is 4.24. The summed E-state index contributed by atoms with van der Waals surface area (Å²) in [6.07, 6.45) is 3.48. The maximum absolute atomic E-state index is 12.6. The van der Waals surface area contributed by atoms with Crippen molar-refractivity contribution >= 4 is 23.1 Å². The van der Waals surface area contributed by atoms with Gasteiger partial charge in [0.05, 0.1) is 17.6 Å². The van der Waals surface area contributed by atoms with Crippen LogP contribution in [0.15, 0.2) is 42.7 Å². The SMILES string of the molecule is Cc1ccc(Nc2ccc(C)nc2C(=O)Nc2ccn(C)n2)cn1. The van der Waals surface area contributed by atoms with Gasteiger partial charge in [0.2, 0.25) is 0 Å². The van der Waals surface area contributed by atoms with Crippen molar-refractivity contribution in [2.24, 2.45) is 7.05 Å². The predicted octanol–water partition coefficient (Wildman–Crippen LogP) is 2.82. The number of pyridine rings is 2. The molecule has 0 aromatic carbocycles. The Labute approximate surface area is 139 Å². The first kappa shape index (κ1) is 15.7. The Morgan fingerprint density at radius 2 is 1.88 bits per heavy atom. The highest BCUT2D eigenvalue weighted by atomic mass is 16.2. The van der Waals surface area contributed by atoms with Gasteiger partial charge in [0, 0.05) is 30.7 Å². The average Bonchev–Trinajstić information content (AvgIpc) is 2.96.